The lowest BCUT2D eigenvalue weighted by Gasteiger charge is -2.38. The molecule has 2 atom stereocenters. The highest BCUT2D eigenvalue weighted by molar-refractivity contribution is 8.00. The van der Waals surface area contributed by atoms with Gasteiger partial charge < -0.3 is 14.7 Å². The zero-order valence-corrected chi connectivity index (χ0v) is 24.1. The van der Waals surface area contributed by atoms with E-state index in [1.807, 2.05) is 66.4 Å². The van der Waals surface area contributed by atoms with E-state index in [0.717, 1.165) is 12.1 Å². The monoisotopic (exact) mass is 509 g/mol. The molecule has 3 rings (SSSR count). The van der Waals surface area contributed by atoms with Crippen molar-refractivity contribution in [3.8, 4) is 0 Å². The Kier molecular flexibility index (Phi) is 8.94. The Morgan fingerprint density at radius 2 is 1.53 bits per heavy atom. The minimum absolute atomic E-state index is 0.0158. The maximum absolute atomic E-state index is 14.1. The Balaban J connectivity index is 1.93. The summed E-state index contributed by atoms with van der Waals surface area (Å²) in [6.45, 7) is 14.9. The third kappa shape index (κ3) is 6.92. The van der Waals surface area contributed by atoms with Gasteiger partial charge in [0.1, 0.15) is 6.04 Å². The number of thioether (sulfide) groups is 1. The molecule has 0 spiro atoms. The third-order valence-electron chi connectivity index (χ3n) is 6.60. The summed E-state index contributed by atoms with van der Waals surface area (Å²) >= 11 is 1.72. The van der Waals surface area contributed by atoms with Crippen LogP contribution in [-0.2, 0) is 16.8 Å². The van der Waals surface area contributed by atoms with Gasteiger partial charge in [0, 0.05) is 31.0 Å². The first-order valence-electron chi connectivity index (χ1n) is 12.8. The Hall–Kier alpha value is -2.31. The molecule has 36 heavy (non-hydrogen) atoms. The quantitative estimate of drug-likeness (QED) is 0.494. The zero-order valence-electron chi connectivity index (χ0n) is 23.2. The van der Waals surface area contributed by atoms with Gasteiger partial charge in [-0.15, -0.1) is 11.8 Å². The molecule has 2 aromatic carbocycles. The van der Waals surface area contributed by atoms with Gasteiger partial charge >= 0.3 is 0 Å². The topological polar surface area (TPSA) is 43.9 Å². The van der Waals surface area contributed by atoms with E-state index in [2.05, 4.69) is 58.6 Å². The minimum atomic E-state index is -0.486. The first kappa shape index (κ1) is 28.3. The predicted molar refractivity (Wildman–Crippen MR) is 151 cm³/mol. The van der Waals surface area contributed by atoms with Crippen LogP contribution in [-0.4, -0.2) is 70.9 Å². The number of benzene rings is 2. The molecule has 1 heterocycles. The summed E-state index contributed by atoms with van der Waals surface area (Å²) in [6, 6.07) is 17.5. The van der Waals surface area contributed by atoms with Crippen molar-refractivity contribution in [3.63, 3.8) is 0 Å². The number of nitrogens with zero attached hydrogens (tertiary/aromatic N) is 3. The standard InChI is InChI=1S/C30H43N3O2S/c1-29(2,3)24-16-14-23(15-17-24)26(34)33-25(21-36-28(33)30(4,5)6)27(35)32(19-18-31(7)8)20-22-12-10-9-11-13-22/h9-17,25,28H,18-21H2,1-8H3. The van der Waals surface area contributed by atoms with Crippen LogP contribution < -0.4 is 0 Å². The Morgan fingerprint density at radius 1 is 0.917 bits per heavy atom. The fourth-order valence-electron chi connectivity index (χ4n) is 4.48. The van der Waals surface area contributed by atoms with Gasteiger partial charge in [0.2, 0.25) is 5.91 Å². The second kappa shape index (κ2) is 11.4. The van der Waals surface area contributed by atoms with Crippen molar-refractivity contribution in [1.29, 1.82) is 0 Å². The lowest BCUT2D eigenvalue weighted by molar-refractivity contribution is -0.136. The molecule has 6 heteroatoms. The Morgan fingerprint density at radius 3 is 2.06 bits per heavy atom. The molecule has 2 amide bonds. The first-order chi connectivity index (χ1) is 16.8. The van der Waals surface area contributed by atoms with Crippen LogP contribution in [0.3, 0.4) is 0 Å². The molecule has 1 aliphatic rings. The van der Waals surface area contributed by atoms with Crippen molar-refractivity contribution in [1.82, 2.24) is 14.7 Å². The summed E-state index contributed by atoms with van der Waals surface area (Å²) in [7, 11) is 4.03. The number of amides is 2. The first-order valence-corrected chi connectivity index (χ1v) is 13.9. The maximum atomic E-state index is 14.1. The summed E-state index contributed by atoms with van der Waals surface area (Å²) in [5.41, 5.74) is 2.78. The van der Waals surface area contributed by atoms with Crippen LogP contribution in [0.15, 0.2) is 54.6 Å². The Labute approximate surface area is 222 Å². The average Bonchev–Trinajstić information content (AvgIpc) is 3.27. The summed E-state index contributed by atoms with van der Waals surface area (Å²) in [4.78, 5) is 33.9. The van der Waals surface area contributed by atoms with E-state index >= 15 is 0 Å². The molecule has 0 radical (unpaired) electrons. The van der Waals surface area contributed by atoms with Crippen molar-refractivity contribution < 1.29 is 9.59 Å². The maximum Gasteiger partial charge on any atom is 0.255 e. The third-order valence-corrected chi connectivity index (χ3v) is 8.36. The fourth-order valence-corrected chi connectivity index (χ4v) is 6.05. The van der Waals surface area contributed by atoms with Crippen LogP contribution in [0.4, 0.5) is 0 Å². The molecule has 0 N–H and O–H groups in total. The van der Waals surface area contributed by atoms with E-state index in [0.29, 0.717) is 24.4 Å². The van der Waals surface area contributed by atoms with Crippen LogP contribution in [0.1, 0.15) is 63.0 Å². The van der Waals surface area contributed by atoms with Crippen molar-refractivity contribution in [3.05, 3.63) is 71.3 Å². The van der Waals surface area contributed by atoms with Crippen molar-refractivity contribution in [2.45, 2.75) is 64.9 Å². The van der Waals surface area contributed by atoms with Gasteiger partial charge in [0.25, 0.3) is 5.91 Å². The van der Waals surface area contributed by atoms with Crippen LogP contribution in [0.2, 0.25) is 0 Å². The second-order valence-corrected chi connectivity index (χ2v) is 13.3. The number of carbonyl (C=O) groups is 2. The lowest BCUT2D eigenvalue weighted by atomic mass is 9.86. The van der Waals surface area contributed by atoms with Crippen LogP contribution in [0, 0.1) is 5.41 Å². The summed E-state index contributed by atoms with van der Waals surface area (Å²) in [5, 5.41) is -0.0753. The number of likely N-dealkylation sites (N-methyl/N-ethyl adjacent to an activating group) is 1. The molecule has 1 aliphatic heterocycles. The molecule has 2 unspecified atom stereocenters. The Bertz CT molecular complexity index is 1020. The van der Waals surface area contributed by atoms with Gasteiger partial charge in [-0.25, -0.2) is 0 Å². The number of carbonyl (C=O) groups excluding carboxylic acids is 2. The van der Waals surface area contributed by atoms with Gasteiger partial charge in [-0.05, 0) is 48.2 Å². The molecular formula is C30H43N3O2S. The zero-order chi connectivity index (χ0) is 26.7. The SMILES string of the molecule is CN(C)CCN(Cc1ccccc1)C(=O)C1CSC(C(C)(C)C)N1C(=O)c1ccc(C(C)(C)C)cc1. The van der Waals surface area contributed by atoms with Crippen LogP contribution in [0.5, 0.6) is 0 Å². The van der Waals surface area contributed by atoms with E-state index in [4.69, 9.17) is 0 Å². The summed E-state index contributed by atoms with van der Waals surface area (Å²) in [5.74, 6) is 0.574. The molecule has 1 fully saturated rings. The van der Waals surface area contributed by atoms with Crippen molar-refractivity contribution >= 4 is 23.6 Å². The predicted octanol–water partition coefficient (Wildman–Crippen LogP) is 5.50. The highest BCUT2D eigenvalue weighted by Crippen LogP contribution is 2.42. The second-order valence-electron chi connectivity index (χ2n) is 12.2. The van der Waals surface area contributed by atoms with E-state index < -0.39 is 6.04 Å². The lowest BCUT2D eigenvalue weighted by Crippen LogP contribution is -2.54. The molecular weight excluding hydrogens is 466 g/mol. The van der Waals surface area contributed by atoms with Crippen LogP contribution >= 0.6 is 11.8 Å². The molecule has 1 saturated heterocycles. The summed E-state index contributed by atoms with van der Waals surface area (Å²) in [6.07, 6.45) is 0. The summed E-state index contributed by atoms with van der Waals surface area (Å²) < 4.78 is 0. The average molecular weight is 510 g/mol. The van der Waals surface area contributed by atoms with Crippen LogP contribution in [0.25, 0.3) is 0 Å². The van der Waals surface area contributed by atoms with Crippen molar-refractivity contribution in [2.75, 3.05) is 32.9 Å². The molecule has 196 valence electrons. The van der Waals surface area contributed by atoms with E-state index in [1.54, 1.807) is 11.8 Å². The number of rotatable bonds is 7. The van der Waals surface area contributed by atoms with E-state index in [-0.39, 0.29) is 28.0 Å². The largest absolute Gasteiger partial charge is 0.335 e. The van der Waals surface area contributed by atoms with Gasteiger partial charge in [0.15, 0.2) is 0 Å². The van der Waals surface area contributed by atoms with E-state index in [9.17, 15) is 9.59 Å². The van der Waals surface area contributed by atoms with Gasteiger partial charge in [-0.2, -0.15) is 0 Å². The highest BCUT2D eigenvalue weighted by Gasteiger charge is 2.47. The van der Waals surface area contributed by atoms with Gasteiger partial charge in [-0.1, -0.05) is 84.0 Å². The van der Waals surface area contributed by atoms with Gasteiger partial charge in [0.05, 0.1) is 5.37 Å². The fraction of sp³-hybridized carbons (Fsp3) is 0.533. The van der Waals surface area contributed by atoms with Crippen molar-refractivity contribution in [2.24, 2.45) is 5.41 Å². The molecule has 5 nitrogen and oxygen atoms in total. The minimum Gasteiger partial charge on any atom is -0.335 e. The molecule has 0 saturated carbocycles. The van der Waals surface area contributed by atoms with Gasteiger partial charge in [-0.3, -0.25) is 9.59 Å². The molecule has 0 aromatic heterocycles. The molecule has 0 aliphatic carbocycles. The smallest absolute Gasteiger partial charge is 0.255 e. The number of hydrogen-bond donors (Lipinski definition) is 0. The molecule has 0 bridgehead atoms. The molecule has 2 aromatic rings. The van der Waals surface area contributed by atoms with E-state index in [1.165, 1.54) is 5.56 Å². The highest BCUT2D eigenvalue weighted by atomic mass is 32.2. The number of hydrogen-bond acceptors (Lipinski definition) is 4. The normalized spacial score (nSPS) is 18.5.